The van der Waals surface area contributed by atoms with Gasteiger partial charge < -0.3 is 5.32 Å². The first-order chi connectivity index (χ1) is 5.92. The van der Waals surface area contributed by atoms with E-state index in [1.54, 1.807) is 6.41 Å². The standard InChI is InChI=1S/C10H8NO/c12-7-11-10-6-5-8-3-1-2-4-9(8)10/h1-6,10H,(H,11,12). The van der Waals surface area contributed by atoms with E-state index in [-0.39, 0.29) is 6.04 Å². The van der Waals surface area contributed by atoms with Crippen molar-refractivity contribution in [1.82, 2.24) is 5.32 Å². The number of carbonyl (C=O) groups excluding carboxylic acids is 1. The summed E-state index contributed by atoms with van der Waals surface area (Å²) in [5, 5.41) is 2.61. The van der Waals surface area contributed by atoms with Crippen molar-refractivity contribution in [3.63, 3.8) is 0 Å². The van der Waals surface area contributed by atoms with E-state index >= 15 is 0 Å². The lowest BCUT2D eigenvalue weighted by Crippen LogP contribution is -2.15. The number of rotatable bonds is 2. The minimum Gasteiger partial charge on any atom is -0.337 e. The largest absolute Gasteiger partial charge is 0.337 e. The molecular weight excluding hydrogens is 150 g/mol. The maximum Gasteiger partial charge on any atom is 0.310 e. The van der Waals surface area contributed by atoms with Crippen LogP contribution in [0.1, 0.15) is 17.2 Å². The van der Waals surface area contributed by atoms with Gasteiger partial charge in [-0.15, -0.1) is 0 Å². The van der Waals surface area contributed by atoms with E-state index in [4.69, 9.17) is 0 Å². The summed E-state index contributed by atoms with van der Waals surface area (Å²) >= 11 is 0. The minimum atomic E-state index is 0.0127. The third-order valence-corrected chi connectivity index (χ3v) is 2.01. The van der Waals surface area contributed by atoms with Gasteiger partial charge in [-0.3, -0.25) is 4.79 Å². The van der Waals surface area contributed by atoms with Gasteiger partial charge in [0.25, 0.3) is 0 Å². The molecule has 0 aromatic heterocycles. The zero-order valence-electron chi connectivity index (χ0n) is 6.45. The predicted octanol–water partition coefficient (Wildman–Crippen LogP) is 1.41. The van der Waals surface area contributed by atoms with Crippen LogP contribution in [0.5, 0.6) is 0 Å². The molecular formula is C10H8NO. The lowest BCUT2D eigenvalue weighted by Gasteiger charge is -2.07. The number of amides is 1. The molecule has 2 rings (SSSR count). The molecule has 0 bridgehead atoms. The van der Waals surface area contributed by atoms with E-state index in [1.807, 2.05) is 36.4 Å². The smallest absolute Gasteiger partial charge is 0.310 e. The Balaban J connectivity index is 2.35. The molecule has 0 saturated carbocycles. The Morgan fingerprint density at radius 1 is 1.33 bits per heavy atom. The molecule has 1 unspecified atom stereocenters. The normalized spacial score (nSPS) is 18.8. The summed E-state index contributed by atoms with van der Waals surface area (Å²) in [7, 11) is 0. The highest BCUT2D eigenvalue weighted by Gasteiger charge is 2.14. The zero-order valence-corrected chi connectivity index (χ0v) is 6.45. The molecule has 1 aliphatic rings. The third kappa shape index (κ3) is 1.01. The number of hydrogen-bond donors (Lipinski definition) is 1. The summed E-state index contributed by atoms with van der Waals surface area (Å²) in [4.78, 5) is 10.1. The van der Waals surface area contributed by atoms with E-state index < -0.39 is 0 Å². The van der Waals surface area contributed by atoms with Crippen molar-refractivity contribution >= 4 is 12.5 Å². The summed E-state index contributed by atoms with van der Waals surface area (Å²) in [6.45, 7) is 0. The van der Waals surface area contributed by atoms with Crippen LogP contribution < -0.4 is 5.32 Å². The van der Waals surface area contributed by atoms with Gasteiger partial charge in [0, 0.05) is 0 Å². The number of nitrogens with one attached hydrogen (secondary N) is 1. The number of fused-ring (bicyclic) bond motifs is 1. The van der Waals surface area contributed by atoms with Crippen molar-refractivity contribution in [2.24, 2.45) is 0 Å². The summed E-state index contributed by atoms with van der Waals surface area (Å²) < 4.78 is 0. The summed E-state index contributed by atoms with van der Waals surface area (Å²) in [5.41, 5.74) is 2.31. The van der Waals surface area contributed by atoms with Crippen molar-refractivity contribution < 1.29 is 4.79 Å². The highest BCUT2D eigenvalue weighted by molar-refractivity contribution is 5.64. The van der Waals surface area contributed by atoms with E-state index in [9.17, 15) is 4.79 Å². The first-order valence-corrected chi connectivity index (χ1v) is 3.81. The van der Waals surface area contributed by atoms with Crippen LogP contribution in [-0.2, 0) is 4.79 Å². The lowest BCUT2D eigenvalue weighted by molar-refractivity contribution is 0.536. The molecule has 2 nitrogen and oxygen atoms in total. The van der Waals surface area contributed by atoms with Gasteiger partial charge in [0.15, 0.2) is 0 Å². The van der Waals surface area contributed by atoms with Gasteiger partial charge in [0.1, 0.15) is 0 Å². The molecule has 1 aliphatic carbocycles. The molecule has 1 amide bonds. The molecule has 0 heterocycles. The van der Waals surface area contributed by atoms with Crippen molar-refractivity contribution in [2.45, 2.75) is 6.04 Å². The lowest BCUT2D eigenvalue weighted by atomic mass is 10.1. The Bertz CT molecular complexity index is 330. The van der Waals surface area contributed by atoms with Crippen LogP contribution in [-0.4, -0.2) is 6.41 Å². The summed E-state index contributed by atoms with van der Waals surface area (Å²) in [6.07, 6.45) is 5.66. The SMILES string of the molecule is O=[C]NC1C=Cc2ccccc21. The maximum atomic E-state index is 10.1. The van der Waals surface area contributed by atoms with Crippen molar-refractivity contribution in [3.05, 3.63) is 41.5 Å². The Labute approximate surface area is 70.9 Å². The minimum absolute atomic E-state index is 0.0127. The Morgan fingerprint density at radius 3 is 3.00 bits per heavy atom. The second-order valence-corrected chi connectivity index (χ2v) is 2.71. The molecule has 1 N–H and O–H groups in total. The van der Waals surface area contributed by atoms with Gasteiger partial charge in [0.2, 0.25) is 0 Å². The summed E-state index contributed by atoms with van der Waals surface area (Å²) in [6, 6.07) is 7.99. The number of benzene rings is 1. The average Bonchev–Trinajstić information content (AvgIpc) is 2.50. The van der Waals surface area contributed by atoms with Crippen LogP contribution in [0.4, 0.5) is 0 Å². The first-order valence-electron chi connectivity index (χ1n) is 3.81. The molecule has 59 valence electrons. The first kappa shape index (κ1) is 7.10. The summed E-state index contributed by atoms with van der Waals surface area (Å²) in [5.74, 6) is 0. The quantitative estimate of drug-likeness (QED) is 0.648. The van der Waals surface area contributed by atoms with Gasteiger partial charge in [-0.1, -0.05) is 36.4 Å². The third-order valence-electron chi connectivity index (χ3n) is 2.01. The van der Waals surface area contributed by atoms with Gasteiger partial charge in [0.05, 0.1) is 6.04 Å². The molecule has 0 fully saturated rings. The Hall–Kier alpha value is -1.57. The molecule has 1 radical (unpaired) electrons. The van der Waals surface area contributed by atoms with Crippen LogP contribution in [0.3, 0.4) is 0 Å². The van der Waals surface area contributed by atoms with Gasteiger partial charge in [-0.25, -0.2) is 0 Å². The molecule has 1 atom stereocenters. The second kappa shape index (κ2) is 2.81. The topological polar surface area (TPSA) is 29.1 Å². The fraction of sp³-hybridized carbons (Fsp3) is 0.100. The van der Waals surface area contributed by atoms with Crippen LogP contribution in [0.15, 0.2) is 30.3 Å². The molecule has 1 aromatic rings. The zero-order chi connectivity index (χ0) is 8.39. The number of hydrogen-bond acceptors (Lipinski definition) is 1. The van der Waals surface area contributed by atoms with Gasteiger partial charge in [-0.2, -0.15) is 0 Å². The highest BCUT2D eigenvalue weighted by atomic mass is 16.1. The van der Waals surface area contributed by atoms with E-state index in [2.05, 4.69) is 5.32 Å². The average molecular weight is 158 g/mol. The second-order valence-electron chi connectivity index (χ2n) is 2.71. The molecule has 0 spiro atoms. The predicted molar refractivity (Wildman–Crippen MR) is 47.0 cm³/mol. The Kier molecular flexibility index (Phi) is 1.67. The molecule has 0 aliphatic heterocycles. The fourth-order valence-corrected chi connectivity index (χ4v) is 1.44. The van der Waals surface area contributed by atoms with Crippen LogP contribution in [0.25, 0.3) is 6.08 Å². The molecule has 0 saturated heterocycles. The highest BCUT2D eigenvalue weighted by Crippen LogP contribution is 2.26. The molecule has 2 heteroatoms. The van der Waals surface area contributed by atoms with E-state index in [0.29, 0.717) is 0 Å². The van der Waals surface area contributed by atoms with Gasteiger partial charge >= 0.3 is 6.41 Å². The molecule has 12 heavy (non-hydrogen) atoms. The van der Waals surface area contributed by atoms with Crippen LogP contribution in [0.2, 0.25) is 0 Å². The monoisotopic (exact) mass is 158 g/mol. The van der Waals surface area contributed by atoms with Crippen LogP contribution in [0, 0.1) is 0 Å². The molecule has 1 aromatic carbocycles. The maximum absolute atomic E-state index is 10.1. The van der Waals surface area contributed by atoms with Gasteiger partial charge in [-0.05, 0) is 11.1 Å². The fourth-order valence-electron chi connectivity index (χ4n) is 1.44. The van der Waals surface area contributed by atoms with Crippen molar-refractivity contribution in [1.29, 1.82) is 0 Å². The Morgan fingerprint density at radius 2 is 2.17 bits per heavy atom. The van der Waals surface area contributed by atoms with Crippen molar-refractivity contribution in [2.75, 3.05) is 0 Å². The van der Waals surface area contributed by atoms with Crippen LogP contribution >= 0.6 is 0 Å². The van der Waals surface area contributed by atoms with Crippen molar-refractivity contribution in [3.8, 4) is 0 Å². The van der Waals surface area contributed by atoms with E-state index in [0.717, 1.165) is 5.56 Å². The van der Waals surface area contributed by atoms with E-state index in [1.165, 1.54) is 5.56 Å².